The highest BCUT2D eigenvalue weighted by Gasteiger charge is 2.49. The quantitative estimate of drug-likeness (QED) is 0.188. The first-order chi connectivity index (χ1) is 24.7. The van der Waals surface area contributed by atoms with Crippen molar-refractivity contribution >= 4 is 8.53 Å². The molecule has 9 atom stereocenters. The van der Waals surface area contributed by atoms with E-state index in [-0.39, 0.29) is 25.1 Å². The van der Waals surface area contributed by atoms with E-state index in [4.69, 9.17) is 38.7 Å². The molecule has 2 aromatic rings. The highest BCUT2D eigenvalue weighted by molar-refractivity contribution is 7.44. The zero-order valence-electron chi connectivity index (χ0n) is 32.8. The van der Waals surface area contributed by atoms with Gasteiger partial charge in [0.1, 0.15) is 24.4 Å². The van der Waals surface area contributed by atoms with Crippen LogP contribution in [0.1, 0.15) is 78.6 Å². The maximum Gasteiger partial charge on any atom is 0.330 e. The van der Waals surface area contributed by atoms with Crippen molar-refractivity contribution < 1.29 is 38.6 Å². The third-order valence-electron chi connectivity index (χ3n) is 7.64. The van der Waals surface area contributed by atoms with E-state index in [0.717, 1.165) is 15.2 Å². The highest BCUT2D eigenvalue weighted by atomic mass is 31.2. The Bertz CT molecular complexity index is 1760. The second-order valence-corrected chi connectivity index (χ2v) is 12.9. The Balaban J connectivity index is 0.000000321. The van der Waals surface area contributed by atoms with E-state index in [1.54, 1.807) is 0 Å². The number of hydrogen-bond acceptors (Lipinski definition) is 13. The van der Waals surface area contributed by atoms with Crippen LogP contribution >= 0.6 is 8.53 Å². The molecular weight excluding hydrogens is 663 g/mol. The van der Waals surface area contributed by atoms with Crippen molar-refractivity contribution in [3.8, 4) is 6.07 Å². The van der Waals surface area contributed by atoms with Crippen molar-refractivity contribution in [2.75, 3.05) is 20.8 Å². The minimum Gasteiger partial charge on any atom is -0.388 e. The molecular formula is C31H49N6O11P. The van der Waals surface area contributed by atoms with Gasteiger partial charge in [0.25, 0.3) is 19.6 Å². The lowest BCUT2D eigenvalue weighted by Crippen LogP contribution is -2.41. The fraction of sp³-hybridized carbons (Fsp3) is 0.710. The van der Waals surface area contributed by atoms with Gasteiger partial charge in [0, 0.05) is 56.3 Å². The van der Waals surface area contributed by atoms with Gasteiger partial charge in [-0.05, 0) is 40.4 Å². The Hall–Kier alpha value is -3.04. The summed E-state index contributed by atoms with van der Waals surface area (Å²) in [4.78, 5) is 51.0. The molecule has 2 saturated heterocycles. The molecule has 0 aromatic carbocycles. The lowest BCUT2D eigenvalue weighted by atomic mass is 10.1. The minimum atomic E-state index is -1.85. The summed E-state index contributed by atoms with van der Waals surface area (Å²) in [6.45, 7) is 10.7. The highest BCUT2D eigenvalue weighted by Crippen LogP contribution is 2.50. The summed E-state index contributed by atoms with van der Waals surface area (Å²) in [5, 5.41) is 19.0. The largest absolute Gasteiger partial charge is 0.388 e. The number of rotatable bonds is 14. The number of nitriles is 1. The van der Waals surface area contributed by atoms with Crippen LogP contribution in [-0.2, 0) is 28.0 Å². The zero-order chi connectivity index (χ0) is 40.0. The van der Waals surface area contributed by atoms with E-state index < -0.39 is 92.8 Å². The average Bonchev–Trinajstić information content (AvgIpc) is 3.58. The van der Waals surface area contributed by atoms with Crippen molar-refractivity contribution in [2.24, 2.45) is 0 Å². The summed E-state index contributed by atoms with van der Waals surface area (Å²) in [6.07, 6.45) is -9.24. The standard InChI is InChI=1S/C20H33N4O6P.C11H16N2O5/c1-7-15-17(30-31(28-12-8-10-21)24(13(2)3)14(4)5)18(27-6)19(29-15)23-11-9-16(25)22-20(23)26;1-3-6-8(15)9(17-2)10(18-6)13-5-4-7(14)12-11(13)16/h9,11,13-15,17-19H,7-8,12H2,1-6H3,(H,22,25,26);4-6,8-10,15H,3H2,1-2H3,(H,12,14,16)/t15-,17-,18-,19-,31?;6-,8-,9-,10-/m11/s1/i7D2;3D2. The van der Waals surface area contributed by atoms with Crippen molar-refractivity contribution in [3.63, 3.8) is 0 Å². The molecule has 3 N–H and O–H groups in total. The molecule has 18 heteroatoms. The average molecular weight is 717 g/mol. The van der Waals surface area contributed by atoms with Gasteiger partial charge in [0.15, 0.2) is 12.5 Å². The smallest absolute Gasteiger partial charge is 0.330 e. The fourth-order valence-electron chi connectivity index (χ4n) is 5.48. The van der Waals surface area contributed by atoms with E-state index in [2.05, 4.69) is 9.97 Å². The number of methoxy groups -OCH3 is 2. The van der Waals surface area contributed by atoms with Crippen LogP contribution in [0.25, 0.3) is 0 Å². The molecule has 0 bridgehead atoms. The molecule has 0 amide bonds. The molecule has 0 spiro atoms. The van der Waals surface area contributed by atoms with Crippen molar-refractivity contribution in [2.45, 2.75) is 122 Å². The molecule has 17 nitrogen and oxygen atoms in total. The lowest BCUT2D eigenvalue weighted by molar-refractivity contribution is -0.0542. The molecule has 0 saturated carbocycles. The molecule has 2 aliphatic heterocycles. The number of hydrogen-bond donors (Lipinski definition) is 3. The Morgan fingerprint density at radius 3 is 1.84 bits per heavy atom. The van der Waals surface area contributed by atoms with Gasteiger partial charge in [-0.2, -0.15) is 5.26 Å². The van der Waals surface area contributed by atoms with E-state index in [1.807, 2.05) is 38.4 Å². The van der Waals surface area contributed by atoms with Crippen LogP contribution in [0.2, 0.25) is 0 Å². The summed E-state index contributed by atoms with van der Waals surface area (Å²) in [5.41, 5.74) is -2.53. The van der Waals surface area contributed by atoms with Gasteiger partial charge < -0.3 is 33.1 Å². The molecule has 2 aromatic heterocycles. The summed E-state index contributed by atoms with van der Waals surface area (Å²) < 4.78 is 70.7. The molecule has 49 heavy (non-hydrogen) atoms. The van der Waals surface area contributed by atoms with E-state index >= 15 is 0 Å². The number of H-pyrrole nitrogens is 2. The maximum atomic E-state index is 12.4. The number of aromatic nitrogens is 4. The van der Waals surface area contributed by atoms with Crippen LogP contribution in [0.15, 0.2) is 43.7 Å². The van der Waals surface area contributed by atoms with Gasteiger partial charge in [-0.3, -0.25) is 28.7 Å². The topological polar surface area (TPSA) is 212 Å². The van der Waals surface area contributed by atoms with Crippen molar-refractivity contribution in [1.29, 1.82) is 5.26 Å². The summed E-state index contributed by atoms with van der Waals surface area (Å²) in [7, 11) is 1.03. The van der Waals surface area contributed by atoms with Gasteiger partial charge >= 0.3 is 11.4 Å². The van der Waals surface area contributed by atoms with Crippen LogP contribution in [0.3, 0.4) is 0 Å². The van der Waals surface area contributed by atoms with Gasteiger partial charge in [-0.25, -0.2) is 14.3 Å². The predicted octanol–water partition coefficient (Wildman–Crippen LogP) is 1.74. The third kappa shape index (κ3) is 9.81. The lowest BCUT2D eigenvalue weighted by Gasteiger charge is -2.38. The number of nitrogens with one attached hydrogen (secondary N) is 2. The summed E-state index contributed by atoms with van der Waals surface area (Å²) in [5.74, 6) is 0. The molecule has 0 aliphatic carbocycles. The zero-order valence-corrected chi connectivity index (χ0v) is 29.7. The Kier molecular flexibility index (Phi) is 13.2. The van der Waals surface area contributed by atoms with E-state index in [0.29, 0.717) is 0 Å². The second-order valence-electron chi connectivity index (χ2n) is 11.5. The second kappa shape index (κ2) is 18.8. The molecule has 2 fully saturated rings. The summed E-state index contributed by atoms with van der Waals surface area (Å²) in [6, 6.07) is 4.43. The number of ether oxygens (including phenoxy) is 4. The number of nitrogens with zero attached hydrogens (tertiary/aromatic N) is 4. The first-order valence-electron chi connectivity index (χ1n) is 17.6. The molecule has 274 valence electrons. The first kappa shape index (κ1) is 34.4. The van der Waals surface area contributed by atoms with Gasteiger partial charge in [-0.15, -0.1) is 0 Å². The Morgan fingerprint density at radius 1 is 0.918 bits per heavy atom. The van der Waals surface area contributed by atoms with Gasteiger partial charge in [-0.1, -0.05) is 13.8 Å². The molecule has 0 radical (unpaired) electrons. The van der Waals surface area contributed by atoms with E-state index in [1.165, 1.54) is 46.5 Å². The maximum absolute atomic E-state index is 12.4. The minimum absolute atomic E-state index is 0.0379. The van der Waals surface area contributed by atoms with E-state index in [9.17, 15) is 24.3 Å². The first-order valence-corrected chi connectivity index (χ1v) is 16.7. The van der Waals surface area contributed by atoms with Gasteiger partial charge in [0.2, 0.25) is 0 Å². The van der Waals surface area contributed by atoms with Gasteiger partial charge in [0.05, 0.1) is 31.3 Å². The normalized spacial score (nSPS) is 29.1. The van der Waals surface area contributed by atoms with Crippen LogP contribution in [0, 0.1) is 11.3 Å². The number of aromatic amines is 2. The Morgan fingerprint density at radius 2 is 1.41 bits per heavy atom. The fourth-order valence-corrected chi connectivity index (χ4v) is 7.23. The molecule has 4 heterocycles. The number of aliphatic hydroxyl groups excluding tert-OH is 1. The van der Waals surface area contributed by atoms with Crippen LogP contribution in [0.4, 0.5) is 0 Å². The van der Waals surface area contributed by atoms with Crippen LogP contribution in [0.5, 0.6) is 0 Å². The molecule has 1 unspecified atom stereocenters. The number of aliphatic hydroxyl groups is 1. The van der Waals surface area contributed by atoms with Crippen LogP contribution in [-0.4, -0.2) is 98.4 Å². The van der Waals surface area contributed by atoms with Crippen molar-refractivity contribution in [3.05, 3.63) is 66.2 Å². The van der Waals surface area contributed by atoms with Crippen LogP contribution < -0.4 is 22.5 Å². The van der Waals surface area contributed by atoms with Crippen molar-refractivity contribution in [1.82, 2.24) is 23.8 Å². The molecule has 2 aliphatic rings. The molecule has 4 rings (SSSR count). The summed E-state index contributed by atoms with van der Waals surface area (Å²) >= 11 is 0. The Labute approximate surface area is 291 Å². The SMILES string of the molecule is [2H]C([2H])(C)[C@H]1O[C@@H](n2ccc(=O)[nH]c2=O)[C@H](OC)[C@@H]1O.[2H]C([2H])(C)[C@H]1O[C@@H](n2ccc(=O)[nH]c2=O)[C@H](OC)[C@@H]1OP(OCCC#N)N(C(C)C)C(C)C. The predicted molar refractivity (Wildman–Crippen MR) is 179 cm³/mol. The third-order valence-corrected chi connectivity index (χ3v) is 9.77. The monoisotopic (exact) mass is 716 g/mol.